The lowest BCUT2D eigenvalue weighted by Crippen LogP contribution is -2.18. The van der Waals surface area contributed by atoms with Gasteiger partial charge in [-0.2, -0.15) is 5.26 Å². The van der Waals surface area contributed by atoms with E-state index in [1.165, 1.54) is 11.3 Å². The zero-order chi connectivity index (χ0) is 17.0. The van der Waals surface area contributed by atoms with Gasteiger partial charge >= 0.3 is 0 Å². The quantitative estimate of drug-likeness (QED) is 0.868. The summed E-state index contributed by atoms with van der Waals surface area (Å²) in [6.07, 6.45) is 1.45. The van der Waals surface area contributed by atoms with E-state index >= 15 is 0 Å². The third-order valence-corrected chi connectivity index (χ3v) is 4.52. The van der Waals surface area contributed by atoms with Crippen LogP contribution in [0.15, 0.2) is 4.79 Å². The molecule has 0 saturated heterocycles. The van der Waals surface area contributed by atoms with Gasteiger partial charge in [-0.05, 0) is 37.8 Å². The third-order valence-electron chi connectivity index (χ3n) is 3.54. The second-order valence-electron chi connectivity index (χ2n) is 5.07. The molecule has 0 aliphatic rings. The molecule has 2 aromatic rings. The van der Waals surface area contributed by atoms with Crippen LogP contribution in [0.1, 0.15) is 40.7 Å². The number of pyridine rings is 1. The van der Waals surface area contributed by atoms with Crippen molar-refractivity contribution in [1.29, 1.82) is 5.26 Å². The summed E-state index contributed by atoms with van der Waals surface area (Å²) in [4.78, 5) is 26.4. The number of amides is 1. The van der Waals surface area contributed by atoms with Crippen molar-refractivity contribution in [2.45, 2.75) is 40.0 Å². The number of aryl methyl sites for hydroxylation is 2. The highest BCUT2D eigenvalue weighted by Gasteiger charge is 2.14. The highest BCUT2D eigenvalue weighted by atomic mass is 32.1. The van der Waals surface area contributed by atoms with Gasteiger partial charge in [-0.15, -0.1) is 10.2 Å². The molecule has 7 nitrogen and oxygen atoms in total. The summed E-state index contributed by atoms with van der Waals surface area (Å²) in [6, 6.07) is 1.91. The summed E-state index contributed by atoms with van der Waals surface area (Å²) in [7, 11) is 0. The van der Waals surface area contributed by atoms with Crippen molar-refractivity contribution in [1.82, 2.24) is 15.2 Å². The van der Waals surface area contributed by atoms with E-state index < -0.39 is 5.56 Å². The van der Waals surface area contributed by atoms with Crippen LogP contribution in [0.5, 0.6) is 0 Å². The lowest BCUT2D eigenvalue weighted by molar-refractivity contribution is -0.116. The molecule has 0 fully saturated rings. The molecular formula is C15H17N5O2S. The van der Waals surface area contributed by atoms with Crippen LogP contribution < -0.4 is 10.9 Å². The molecule has 1 amide bonds. The number of nitriles is 1. The summed E-state index contributed by atoms with van der Waals surface area (Å²) in [5.74, 6) is -0.174. The Kier molecular flexibility index (Phi) is 5.24. The molecule has 2 heterocycles. The third kappa shape index (κ3) is 3.81. The van der Waals surface area contributed by atoms with Crippen LogP contribution in [0, 0.1) is 25.2 Å². The predicted octanol–water partition coefficient (Wildman–Crippen LogP) is 1.85. The van der Waals surface area contributed by atoms with E-state index in [0.717, 1.165) is 17.0 Å². The van der Waals surface area contributed by atoms with Gasteiger partial charge in [0.15, 0.2) is 0 Å². The van der Waals surface area contributed by atoms with E-state index in [9.17, 15) is 9.59 Å². The maximum Gasteiger partial charge on any atom is 0.266 e. The van der Waals surface area contributed by atoms with Crippen LogP contribution in [-0.2, 0) is 17.6 Å². The Bertz CT molecular complexity index is 831. The molecule has 0 aliphatic carbocycles. The Hall–Kier alpha value is -2.53. The van der Waals surface area contributed by atoms with E-state index in [2.05, 4.69) is 20.5 Å². The molecule has 23 heavy (non-hydrogen) atoms. The van der Waals surface area contributed by atoms with Gasteiger partial charge in [0.2, 0.25) is 11.0 Å². The van der Waals surface area contributed by atoms with Gasteiger partial charge in [0.05, 0.1) is 0 Å². The van der Waals surface area contributed by atoms with E-state index in [4.69, 9.17) is 5.26 Å². The molecule has 120 valence electrons. The van der Waals surface area contributed by atoms with E-state index in [1.807, 2.05) is 13.0 Å². The molecular weight excluding hydrogens is 314 g/mol. The standard InChI is InChI=1S/C15H17N5O2S/c1-4-13-19-20-15(23-13)18-12(21)6-5-10-8(2)11(7-16)14(22)17-9(10)3/h4-6H2,1-3H3,(H,17,22)(H,18,20,21). The van der Waals surface area contributed by atoms with Crippen LogP contribution in [0.2, 0.25) is 0 Å². The Morgan fingerprint density at radius 3 is 2.74 bits per heavy atom. The normalized spacial score (nSPS) is 10.3. The number of carbonyl (C=O) groups excluding carboxylic acids is 1. The smallest absolute Gasteiger partial charge is 0.266 e. The van der Waals surface area contributed by atoms with Crippen LogP contribution in [0.4, 0.5) is 5.13 Å². The molecule has 0 aliphatic heterocycles. The van der Waals surface area contributed by atoms with Crippen molar-refractivity contribution in [3.8, 4) is 6.07 Å². The minimum atomic E-state index is -0.392. The lowest BCUT2D eigenvalue weighted by atomic mass is 9.99. The van der Waals surface area contributed by atoms with Crippen molar-refractivity contribution >= 4 is 22.4 Å². The van der Waals surface area contributed by atoms with E-state index in [0.29, 0.717) is 22.8 Å². The Morgan fingerprint density at radius 2 is 2.13 bits per heavy atom. The van der Waals surface area contributed by atoms with Gasteiger partial charge in [0.25, 0.3) is 5.56 Å². The Balaban J connectivity index is 2.07. The predicted molar refractivity (Wildman–Crippen MR) is 87.5 cm³/mol. The average Bonchev–Trinajstić information content (AvgIpc) is 2.94. The summed E-state index contributed by atoms with van der Waals surface area (Å²) in [6.45, 7) is 5.47. The first-order chi connectivity index (χ1) is 11.0. The lowest BCUT2D eigenvalue weighted by Gasteiger charge is -2.10. The first-order valence-corrected chi connectivity index (χ1v) is 8.02. The molecule has 0 saturated carbocycles. The SMILES string of the molecule is CCc1nnc(NC(=O)CCc2c(C)[nH]c(=O)c(C#N)c2C)s1. The maximum atomic E-state index is 12.0. The summed E-state index contributed by atoms with van der Waals surface area (Å²) < 4.78 is 0. The number of nitrogens with one attached hydrogen (secondary N) is 2. The fourth-order valence-corrected chi connectivity index (χ4v) is 2.98. The number of carbonyl (C=O) groups is 1. The van der Waals surface area contributed by atoms with Gasteiger partial charge in [0.1, 0.15) is 16.6 Å². The monoisotopic (exact) mass is 331 g/mol. The molecule has 0 unspecified atom stereocenters. The summed E-state index contributed by atoms with van der Waals surface area (Å²) in [5.41, 5.74) is 1.84. The minimum absolute atomic E-state index is 0.0997. The van der Waals surface area contributed by atoms with Crippen LogP contribution >= 0.6 is 11.3 Å². The molecule has 0 radical (unpaired) electrons. The second kappa shape index (κ2) is 7.15. The van der Waals surface area contributed by atoms with E-state index in [1.54, 1.807) is 13.8 Å². The number of H-pyrrole nitrogens is 1. The fourth-order valence-electron chi connectivity index (χ4n) is 2.29. The first-order valence-electron chi connectivity index (χ1n) is 7.21. The van der Waals surface area contributed by atoms with Crippen molar-refractivity contribution in [3.63, 3.8) is 0 Å². The molecule has 0 bridgehead atoms. The van der Waals surface area contributed by atoms with Crippen LogP contribution in [-0.4, -0.2) is 21.1 Å². The van der Waals surface area contributed by atoms with Gasteiger partial charge in [-0.1, -0.05) is 18.3 Å². The van der Waals surface area contributed by atoms with Gasteiger partial charge in [-0.25, -0.2) is 0 Å². The molecule has 0 spiro atoms. The van der Waals surface area contributed by atoms with Crippen molar-refractivity contribution in [2.75, 3.05) is 5.32 Å². The van der Waals surface area contributed by atoms with Gasteiger partial charge in [0, 0.05) is 12.1 Å². The largest absolute Gasteiger partial charge is 0.325 e. The number of hydrogen-bond acceptors (Lipinski definition) is 6. The zero-order valence-electron chi connectivity index (χ0n) is 13.2. The van der Waals surface area contributed by atoms with Gasteiger partial charge in [-0.3, -0.25) is 9.59 Å². The number of nitrogens with zero attached hydrogens (tertiary/aromatic N) is 3. The van der Waals surface area contributed by atoms with E-state index in [-0.39, 0.29) is 17.9 Å². The topological polar surface area (TPSA) is 112 Å². The number of rotatable bonds is 5. The maximum absolute atomic E-state index is 12.0. The average molecular weight is 331 g/mol. The van der Waals surface area contributed by atoms with Crippen molar-refractivity contribution in [3.05, 3.63) is 37.7 Å². The fraction of sp³-hybridized carbons (Fsp3) is 0.400. The summed E-state index contributed by atoms with van der Waals surface area (Å²) >= 11 is 1.35. The van der Waals surface area contributed by atoms with Crippen molar-refractivity contribution < 1.29 is 4.79 Å². The number of anilines is 1. The number of aromatic amines is 1. The molecule has 0 atom stereocenters. The van der Waals surface area contributed by atoms with Crippen molar-refractivity contribution in [2.24, 2.45) is 0 Å². The molecule has 2 N–H and O–H groups in total. The summed E-state index contributed by atoms with van der Waals surface area (Å²) in [5, 5.41) is 21.0. The van der Waals surface area contributed by atoms with Crippen LogP contribution in [0.3, 0.4) is 0 Å². The Morgan fingerprint density at radius 1 is 1.39 bits per heavy atom. The number of aromatic nitrogens is 3. The van der Waals surface area contributed by atoms with Crippen LogP contribution in [0.25, 0.3) is 0 Å². The molecule has 2 aromatic heterocycles. The molecule has 8 heteroatoms. The minimum Gasteiger partial charge on any atom is -0.325 e. The first kappa shape index (κ1) is 16.8. The molecule has 2 rings (SSSR count). The van der Waals surface area contributed by atoms with Gasteiger partial charge < -0.3 is 10.3 Å². The Labute approximate surface area is 137 Å². The molecule has 0 aromatic carbocycles. The number of hydrogen-bond donors (Lipinski definition) is 2. The zero-order valence-corrected chi connectivity index (χ0v) is 14.0. The second-order valence-corrected chi connectivity index (χ2v) is 6.13. The highest BCUT2D eigenvalue weighted by molar-refractivity contribution is 7.15. The highest BCUT2D eigenvalue weighted by Crippen LogP contribution is 2.17.